The number of hydrogen-bond acceptors (Lipinski definition) is 6. The third kappa shape index (κ3) is 4.57. The second-order valence-corrected chi connectivity index (χ2v) is 7.62. The molecule has 0 atom stereocenters. The second kappa shape index (κ2) is 9.00. The molecule has 1 fully saturated rings. The van der Waals surface area contributed by atoms with E-state index in [9.17, 15) is 13.6 Å². The lowest BCUT2D eigenvalue weighted by Crippen LogP contribution is -2.35. The quantitative estimate of drug-likeness (QED) is 0.503. The van der Waals surface area contributed by atoms with Crippen LogP contribution in [0.4, 0.5) is 14.6 Å². The molecule has 0 radical (unpaired) electrons. The minimum Gasteiger partial charge on any atom is -0.379 e. The predicted molar refractivity (Wildman–Crippen MR) is 117 cm³/mol. The van der Waals surface area contributed by atoms with Crippen molar-refractivity contribution in [3.63, 3.8) is 0 Å². The number of rotatable bonds is 5. The molecule has 1 aliphatic rings. The number of morpholine rings is 1. The third-order valence-electron chi connectivity index (χ3n) is 5.35. The van der Waals surface area contributed by atoms with Crippen LogP contribution in [0.3, 0.4) is 0 Å². The summed E-state index contributed by atoms with van der Waals surface area (Å²) in [5.41, 5.74) is 2.23. The second-order valence-electron chi connectivity index (χ2n) is 7.62. The number of hydrogen-bond donors (Lipinski definition) is 1. The Kier molecular flexibility index (Phi) is 5.76. The summed E-state index contributed by atoms with van der Waals surface area (Å²) in [6.07, 6.45) is 1.41. The van der Waals surface area contributed by atoms with Crippen LogP contribution < -0.4 is 5.32 Å². The summed E-state index contributed by atoms with van der Waals surface area (Å²) in [5, 5.41) is 7.19. The minimum absolute atomic E-state index is 0.190. The fraction of sp³-hybridized carbons (Fsp3) is 0.217. The van der Waals surface area contributed by atoms with Crippen molar-refractivity contribution < 1.29 is 18.3 Å². The third-order valence-corrected chi connectivity index (χ3v) is 5.35. The van der Waals surface area contributed by atoms with Crippen LogP contribution in [-0.4, -0.2) is 56.7 Å². The largest absolute Gasteiger partial charge is 0.379 e. The first-order chi connectivity index (χ1) is 16.1. The first-order valence-corrected chi connectivity index (χ1v) is 10.4. The molecular weight excluding hydrogens is 430 g/mol. The van der Waals surface area contributed by atoms with Gasteiger partial charge >= 0.3 is 0 Å². The maximum absolute atomic E-state index is 13.6. The van der Waals surface area contributed by atoms with Crippen LogP contribution in [-0.2, 0) is 11.3 Å². The maximum Gasteiger partial charge on any atom is 0.277 e. The monoisotopic (exact) mass is 450 g/mol. The molecule has 1 N–H and O–H groups in total. The molecule has 0 bridgehead atoms. The lowest BCUT2D eigenvalue weighted by Gasteiger charge is -2.26. The standard InChI is InChI=1S/C23H20F2N6O2/c24-17-5-4-15(12-18(17)25)19-6-7-22-26-13-20(31(22)29-19)23(32)28-21-3-1-2-16(27-21)14-30-8-10-33-11-9-30/h1-7,12-13H,8-11,14H2,(H,27,28,32). The van der Waals surface area contributed by atoms with Crippen molar-refractivity contribution in [3.05, 3.63) is 77.8 Å². The van der Waals surface area contributed by atoms with Gasteiger partial charge in [0.05, 0.1) is 30.8 Å². The fourth-order valence-corrected chi connectivity index (χ4v) is 3.64. The highest BCUT2D eigenvalue weighted by molar-refractivity contribution is 6.02. The van der Waals surface area contributed by atoms with E-state index in [-0.39, 0.29) is 5.69 Å². The Morgan fingerprint density at radius 1 is 1.06 bits per heavy atom. The number of carbonyl (C=O) groups is 1. The first-order valence-electron chi connectivity index (χ1n) is 10.4. The number of nitrogens with zero attached hydrogens (tertiary/aromatic N) is 5. The summed E-state index contributed by atoms with van der Waals surface area (Å²) in [4.78, 5) is 23.9. The SMILES string of the molecule is O=C(Nc1cccc(CN2CCOCC2)n1)c1cnc2ccc(-c3ccc(F)c(F)c3)nn12. The van der Waals surface area contributed by atoms with E-state index in [0.717, 1.165) is 30.9 Å². The van der Waals surface area contributed by atoms with Gasteiger partial charge in [-0.3, -0.25) is 9.69 Å². The molecule has 33 heavy (non-hydrogen) atoms. The van der Waals surface area contributed by atoms with Crippen molar-refractivity contribution in [1.82, 2.24) is 24.5 Å². The Morgan fingerprint density at radius 2 is 1.91 bits per heavy atom. The highest BCUT2D eigenvalue weighted by Crippen LogP contribution is 2.21. The normalized spacial score (nSPS) is 14.5. The number of amides is 1. The predicted octanol–water partition coefficient (Wildman–Crippen LogP) is 3.15. The number of halogens is 2. The zero-order chi connectivity index (χ0) is 22.8. The summed E-state index contributed by atoms with van der Waals surface area (Å²) in [5.74, 6) is -1.93. The van der Waals surface area contributed by atoms with E-state index < -0.39 is 17.5 Å². The molecule has 1 amide bonds. The molecular formula is C23H20F2N6O2. The van der Waals surface area contributed by atoms with E-state index in [1.807, 2.05) is 12.1 Å². The molecule has 8 nitrogen and oxygen atoms in total. The number of pyridine rings is 1. The molecule has 0 spiro atoms. The molecule has 1 aliphatic heterocycles. The fourth-order valence-electron chi connectivity index (χ4n) is 3.64. The van der Waals surface area contributed by atoms with Gasteiger partial charge in [0.25, 0.3) is 5.91 Å². The van der Waals surface area contributed by atoms with Gasteiger partial charge in [-0.25, -0.2) is 23.3 Å². The zero-order valence-electron chi connectivity index (χ0n) is 17.5. The summed E-state index contributed by atoms with van der Waals surface area (Å²) < 4.78 is 33.7. The molecule has 0 unspecified atom stereocenters. The number of carbonyl (C=O) groups excluding carboxylic acids is 1. The van der Waals surface area contributed by atoms with E-state index in [0.29, 0.717) is 42.5 Å². The average molecular weight is 450 g/mol. The Morgan fingerprint density at radius 3 is 2.73 bits per heavy atom. The summed E-state index contributed by atoms with van der Waals surface area (Å²) >= 11 is 0. The zero-order valence-corrected chi connectivity index (χ0v) is 17.5. The Labute approximate surface area is 187 Å². The Balaban J connectivity index is 1.37. The van der Waals surface area contributed by atoms with Gasteiger partial charge < -0.3 is 10.1 Å². The molecule has 3 aromatic heterocycles. The number of aromatic nitrogens is 4. The van der Waals surface area contributed by atoms with Gasteiger partial charge in [0.2, 0.25) is 0 Å². The lowest BCUT2D eigenvalue weighted by molar-refractivity contribution is 0.0337. The van der Waals surface area contributed by atoms with Crippen molar-refractivity contribution in [3.8, 4) is 11.3 Å². The molecule has 4 aromatic rings. The number of fused-ring (bicyclic) bond motifs is 1. The first kappa shape index (κ1) is 21.1. The molecule has 10 heteroatoms. The van der Waals surface area contributed by atoms with E-state index in [4.69, 9.17) is 4.74 Å². The number of benzene rings is 1. The average Bonchev–Trinajstić information content (AvgIpc) is 3.25. The van der Waals surface area contributed by atoms with Crippen LogP contribution in [0.1, 0.15) is 16.2 Å². The molecule has 5 rings (SSSR count). The highest BCUT2D eigenvalue weighted by atomic mass is 19.2. The van der Waals surface area contributed by atoms with Gasteiger partial charge in [-0.1, -0.05) is 6.07 Å². The smallest absolute Gasteiger partial charge is 0.277 e. The number of nitrogens with one attached hydrogen (secondary N) is 1. The summed E-state index contributed by atoms with van der Waals surface area (Å²) in [6.45, 7) is 3.74. The number of imidazole rings is 1. The van der Waals surface area contributed by atoms with Crippen LogP contribution in [0, 0.1) is 11.6 Å². The summed E-state index contributed by atoms with van der Waals surface area (Å²) in [7, 11) is 0. The molecule has 168 valence electrons. The van der Waals surface area contributed by atoms with Crippen LogP contribution in [0.2, 0.25) is 0 Å². The van der Waals surface area contributed by atoms with Crippen molar-refractivity contribution >= 4 is 17.4 Å². The van der Waals surface area contributed by atoms with E-state index >= 15 is 0 Å². The van der Waals surface area contributed by atoms with Gasteiger partial charge in [0.1, 0.15) is 5.82 Å². The number of ether oxygens (including phenoxy) is 1. The Hall–Kier alpha value is -3.76. The van der Waals surface area contributed by atoms with Gasteiger partial charge in [-0.15, -0.1) is 0 Å². The molecule has 1 aromatic carbocycles. The molecule has 1 saturated heterocycles. The van der Waals surface area contributed by atoms with E-state index in [2.05, 4.69) is 25.3 Å². The topological polar surface area (TPSA) is 84.7 Å². The van der Waals surface area contributed by atoms with Gasteiger partial charge in [0, 0.05) is 25.2 Å². The van der Waals surface area contributed by atoms with Gasteiger partial charge in [0.15, 0.2) is 23.0 Å². The maximum atomic E-state index is 13.6. The molecule has 0 aliphatic carbocycles. The molecule has 0 saturated carbocycles. The summed E-state index contributed by atoms with van der Waals surface area (Å²) in [6, 6.07) is 12.3. The van der Waals surface area contributed by atoms with E-state index in [1.165, 1.54) is 16.8 Å². The van der Waals surface area contributed by atoms with Crippen LogP contribution in [0.15, 0.2) is 54.7 Å². The van der Waals surface area contributed by atoms with Crippen LogP contribution in [0.25, 0.3) is 16.9 Å². The molecule has 4 heterocycles. The highest BCUT2D eigenvalue weighted by Gasteiger charge is 2.16. The van der Waals surface area contributed by atoms with Crippen LogP contribution >= 0.6 is 0 Å². The number of anilines is 1. The lowest BCUT2D eigenvalue weighted by atomic mass is 10.1. The minimum atomic E-state index is -0.971. The van der Waals surface area contributed by atoms with Crippen molar-refractivity contribution in [2.75, 3.05) is 31.6 Å². The van der Waals surface area contributed by atoms with Gasteiger partial charge in [-0.2, -0.15) is 5.10 Å². The Bertz CT molecular complexity index is 1320. The van der Waals surface area contributed by atoms with Gasteiger partial charge in [-0.05, 0) is 42.5 Å². The van der Waals surface area contributed by atoms with Crippen molar-refractivity contribution in [1.29, 1.82) is 0 Å². The van der Waals surface area contributed by atoms with E-state index in [1.54, 1.807) is 18.2 Å². The van der Waals surface area contributed by atoms with Crippen molar-refractivity contribution in [2.24, 2.45) is 0 Å². The van der Waals surface area contributed by atoms with Crippen molar-refractivity contribution in [2.45, 2.75) is 6.54 Å². The van der Waals surface area contributed by atoms with Crippen LogP contribution in [0.5, 0.6) is 0 Å².